The van der Waals surface area contributed by atoms with E-state index in [0.717, 1.165) is 11.1 Å². The fourth-order valence-electron chi connectivity index (χ4n) is 2.61. The highest BCUT2D eigenvalue weighted by Crippen LogP contribution is 2.15. The molecule has 0 unspecified atom stereocenters. The van der Waals surface area contributed by atoms with Crippen molar-refractivity contribution in [1.29, 1.82) is 0 Å². The number of nitrogens with one attached hydrogen (secondary N) is 2. The minimum absolute atomic E-state index is 0.448. The van der Waals surface area contributed by atoms with Crippen molar-refractivity contribution in [2.45, 2.75) is 13.5 Å². The van der Waals surface area contributed by atoms with Crippen molar-refractivity contribution in [3.8, 4) is 11.5 Å². The maximum absolute atomic E-state index is 12.0. The smallest absolute Gasteiger partial charge is 0.329 e. The van der Waals surface area contributed by atoms with Gasteiger partial charge in [-0.1, -0.05) is 42.0 Å². The van der Waals surface area contributed by atoms with Crippen LogP contribution in [0.25, 0.3) is 0 Å². The van der Waals surface area contributed by atoms with Gasteiger partial charge in [0.1, 0.15) is 18.1 Å². The molecule has 7 heteroatoms. The normalized spacial score (nSPS) is 10.5. The predicted octanol–water partition coefficient (Wildman–Crippen LogP) is 3.67. The average molecular weight is 417 g/mol. The third kappa shape index (κ3) is 6.71. The third-order valence-electron chi connectivity index (χ3n) is 4.32. The van der Waals surface area contributed by atoms with Gasteiger partial charge in [-0.05, 0) is 54.4 Å². The Balaban J connectivity index is 1.50. The standard InChI is InChI=1S/C24H23N3O4/c1-17-6-8-18(9-7-17)16-31-22-5-3-4-19(14-22)15-25-27-24(29)23(28)26-20-10-12-21(30-2)13-11-20/h3-15H,16H2,1-2H3,(H,26,28)(H,27,29)/b25-15-. The van der Waals surface area contributed by atoms with Crippen molar-refractivity contribution in [3.05, 3.63) is 89.5 Å². The van der Waals surface area contributed by atoms with E-state index in [9.17, 15) is 9.59 Å². The number of methoxy groups -OCH3 is 1. The summed E-state index contributed by atoms with van der Waals surface area (Å²) in [7, 11) is 1.55. The number of carbonyl (C=O) groups excluding carboxylic acids is 2. The summed E-state index contributed by atoms with van der Waals surface area (Å²) >= 11 is 0. The van der Waals surface area contributed by atoms with E-state index < -0.39 is 11.8 Å². The topological polar surface area (TPSA) is 89.0 Å². The van der Waals surface area contributed by atoms with Gasteiger partial charge in [0.15, 0.2) is 0 Å². The van der Waals surface area contributed by atoms with Crippen molar-refractivity contribution in [3.63, 3.8) is 0 Å². The Morgan fingerprint density at radius 2 is 1.68 bits per heavy atom. The lowest BCUT2D eigenvalue weighted by Crippen LogP contribution is -2.32. The zero-order valence-electron chi connectivity index (χ0n) is 17.3. The molecule has 3 aromatic rings. The molecule has 0 atom stereocenters. The Bertz CT molecular complexity index is 1060. The molecule has 3 aromatic carbocycles. The molecule has 0 saturated carbocycles. The Hall–Kier alpha value is -4.13. The lowest BCUT2D eigenvalue weighted by Gasteiger charge is -2.07. The molecule has 0 radical (unpaired) electrons. The number of nitrogens with zero attached hydrogens (tertiary/aromatic N) is 1. The van der Waals surface area contributed by atoms with E-state index in [-0.39, 0.29) is 0 Å². The van der Waals surface area contributed by atoms with Crippen LogP contribution in [0.1, 0.15) is 16.7 Å². The molecule has 0 bridgehead atoms. The molecule has 0 aliphatic heterocycles. The summed E-state index contributed by atoms with van der Waals surface area (Å²) < 4.78 is 10.8. The molecule has 0 aliphatic rings. The first kappa shape index (κ1) is 21.6. The Morgan fingerprint density at radius 3 is 2.39 bits per heavy atom. The highest BCUT2D eigenvalue weighted by atomic mass is 16.5. The number of hydrazone groups is 1. The van der Waals surface area contributed by atoms with Gasteiger partial charge in [-0.2, -0.15) is 5.10 Å². The summed E-state index contributed by atoms with van der Waals surface area (Å²) in [5.41, 5.74) is 5.67. The first-order chi connectivity index (χ1) is 15.0. The van der Waals surface area contributed by atoms with Crippen molar-refractivity contribution < 1.29 is 19.1 Å². The van der Waals surface area contributed by atoms with Gasteiger partial charge in [0.25, 0.3) is 0 Å². The Morgan fingerprint density at radius 1 is 0.935 bits per heavy atom. The number of hydrogen-bond acceptors (Lipinski definition) is 5. The monoisotopic (exact) mass is 417 g/mol. The second-order valence-corrected chi connectivity index (χ2v) is 6.73. The van der Waals surface area contributed by atoms with Crippen molar-refractivity contribution >= 4 is 23.7 Å². The van der Waals surface area contributed by atoms with E-state index in [0.29, 0.717) is 23.8 Å². The molecular formula is C24H23N3O4. The molecule has 0 saturated heterocycles. The van der Waals surface area contributed by atoms with Crippen molar-refractivity contribution in [1.82, 2.24) is 5.43 Å². The van der Waals surface area contributed by atoms with Crippen LogP contribution in [-0.2, 0) is 16.2 Å². The van der Waals surface area contributed by atoms with E-state index in [1.54, 1.807) is 37.4 Å². The summed E-state index contributed by atoms with van der Waals surface area (Å²) in [6.07, 6.45) is 1.44. The number of rotatable bonds is 7. The van der Waals surface area contributed by atoms with E-state index in [1.807, 2.05) is 49.4 Å². The van der Waals surface area contributed by atoms with Crippen molar-refractivity contribution in [2.75, 3.05) is 12.4 Å². The predicted molar refractivity (Wildman–Crippen MR) is 119 cm³/mol. The first-order valence-electron chi connectivity index (χ1n) is 9.60. The van der Waals surface area contributed by atoms with Gasteiger partial charge in [-0.3, -0.25) is 9.59 Å². The third-order valence-corrected chi connectivity index (χ3v) is 4.32. The maximum atomic E-state index is 12.0. The fraction of sp³-hybridized carbons (Fsp3) is 0.125. The molecular weight excluding hydrogens is 394 g/mol. The number of hydrogen-bond donors (Lipinski definition) is 2. The van der Waals surface area contributed by atoms with E-state index in [1.165, 1.54) is 11.8 Å². The van der Waals surface area contributed by atoms with Gasteiger partial charge in [0.05, 0.1) is 13.3 Å². The lowest BCUT2D eigenvalue weighted by molar-refractivity contribution is -0.136. The zero-order chi connectivity index (χ0) is 22.1. The summed E-state index contributed by atoms with van der Waals surface area (Å²) in [6.45, 7) is 2.48. The largest absolute Gasteiger partial charge is 0.497 e. The molecule has 2 N–H and O–H groups in total. The first-order valence-corrected chi connectivity index (χ1v) is 9.60. The molecule has 7 nitrogen and oxygen atoms in total. The SMILES string of the molecule is COc1ccc(NC(=O)C(=O)N/N=C\c2cccc(OCc3ccc(C)cc3)c2)cc1. The number of aryl methyl sites for hydroxylation is 1. The fourth-order valence-corrected chi connectivity index (χ4v) is 2.61. The molecule has 2 amide bonds. The van der Waals surface area contributed by atoms with Gasteiger partial charge in [0.2, 0.25) is 0 Å². The molecule has 3 rings (SSSR count). The van der Waals surface area contributed by atoms with Crippen LogP contribution in [0.3, 0.4) is 0 Å². The molecule has 31 heavy (non-hydrogen) atoms. The summed E-state index contributed by atoms with van der Waals surface area (Å²) in [5.74, 6) is -0.374. The van der Waals surface area contributed by atoms with E-state index in [2.05, 4.69) is 15.8 Å². The number of amides is 2. The van der Waals surface area contributed by atoms with Crippen molar-refractivity contribution in [2.24, 2.45) is 5.10 Å². The molecule has 0 aliphatic carbocycles. The molecule has 0 aromatic heterocycles. The lowest BCUT2D eigenvalue weighted by atomic mass is 10.2. The highest BCUT2D eigenvalue weighted by molar-refractivity contribution is 6.39. The zero-order valence-corrected chi connectivity index (χ0v) is 17.3. The second-order valence-electron chi connectivity index (χ2n) is 6.73. The quantitative estimate of drug-likeness (QED) is 0.349. The second kappa shape index (κ2) is 10.6. The summed E-state index contributed by atoms with van der Waals surface area (Å²) in [6, 6.07) is 22.0. The van der Waals surface area contributed by atoms with Gasteiger partial charge < -0.3 is 14.8 Å². The van der Waals surface area contributed by atoms with Gasteiger partial charge in [-0.15, -0.1) is 0 Å². The molecule has 0 spiro atoms. The summed E-state index contributed by atoms with van der Waals surface area (Å²) in [4.78, 5) is 23.9. The maximum Gasteiger partial charge on any atom is 0.329 e. The minimum atomic E-state index is -0.876. The van der Waals surface area contributed by atoms with Gasteiger partial charge >= 0.3 is 11.8 Å². The molecule has 158 valence electrons. The number of carbonyl (C=O) groups is 2. The van der Waals surface area contributed by atoms with E-state index >= 15 is 0 Å². The van der Waals surface area contributed by atoms with Crippen LogP contribution >= 0.6 is 0 Å². The van der Waals surface area contributed by atoms with Crippen LogP contribution in [0.2, 0.25) is 0 Å². The van der Waals surface area contributed by atoms with Gasteiger partial charge in [0, 0.05) is 5.69 Å². The van der Waals surface area contributed by atoms with Crippen LogP contribution in [-0.4, -0.2) is 25.1 Å². The Labute approximate surface area is 180 Å². The van der Waals surface area contributed by atoms with E-state index in [4.69, 9.17) is 9.47 Å². The van der Waals surface area contributed by atoms with Crippen LogP contribution in [0.5, 0.6) is 11.5 Å². The van der Waals surface area contributed by atoms with Crippen LogP contribution < -0.4 is 20.2 Å². The molecule has 0 heterocycles. The van der Waals surface area contributed by atoms with Crippen LogP contribution in [0.4, 0.5) is 5.69 Å². The average Bonchev–Trinajstić information content (AvgIpc) is 2.79. The number of ether oxygens (including phenoxy) is 2. The molecule has 0 fully saturated rings. The van der Waals surface area contributed by atoms with Crippen LogP contribution in [0.15, 0.2) is 77.9 Å². The number of benzene rings is 3. The summed E-state index contributed by atoms with van der Waals surface area (Å²) in [5, 5.41) is 6.33. The minimum Gasteiger partial charge on any atom is -0.497 e. The van der Waals surface area contributed by atoms with Gasteiger partial charge in [-0.25, -0.2) is 5.43 Å². The Kier molecular flexibility index (Phi) is 7.37. The highest BCUT2D eigenvalue weighted by Gasteiger charge is 2.12. The van der Waals surface area contributed by atoms with Crippen LogP contribution in [0, 0.1) is 6.92 Å². The number of anilines is 1.